The molecule has 0 aliphatic heterocycles. The highest BCUT2D eigenvalue weighted by molar-refractivity contribution is 6.30. The molecule has 0 aliphatic carbocycles. The SMILES string of the molecule is CCCn1c(=O)[nH]/c(=N\c2ccc(Oc3cncc(C(=O)O)c3)cc2)n(Cc2ccc(Cl)cc2)c1=O. The predicted molar refractivity (Wildman–Crippen MR) is 133 cm³/mol. The standard InChI is InChI=1S/C25H22ClN5O5/c1-2-11-30-24(34)29-23(31(25(30)35)15-16-3-5-18(26)6-4-16)28-19-7-9-20(10-8-19)36-21-12-17(22(32)33)13-27-14-21/h3-10,12-14H,2,11,15H2,1H3,(H,32,33)(H,28,29,34). The smallest absolute Gasteiger partial charge is 0.337 e. The molecule has 0 fully saturated rings. The summed E-state index contributed by atoms with van der Waals surface area (Å²) in [6.45, 7) is 2.34. The number of halogens is 1. The molecule has 2 aromatic heterocycles. The topological polar surface area (TPSA) is 132 Å². The van der Waals surface area contributed by atoms with Gasteiger partial charge in [0.25, 0.3) is 0 Å². The molecule has 0 atom stereocenters. The number of aromatic carboxylic acids is 1. The van der Waals surface area contributed by atoms with Crippen molar-refractivity contribution in [3.63, 3.8) is 0 Å². The Morgan fingerprint density at radius 1 is 1.06 bits per heavy atom. The van der Waals surface area contributed by atoms with E-state index in [4.69, 9.17) is 21.4 Å². The molecule has 11 heteroatoms. The van der Waals surface area contributed by atoms with Crippen LogP contribution in [-0.2, 0) is 13.1 Å². The van der Waals surface area contributed by atoms with Crippen LogP contribution >= 0.6 is 11.6 Å². The lowest BCUT2D eigenvalue weighted by Crippen LogP contribution is -2.50. The molecule has 4 aromatic rings. The van der Waals surface area contributed by atoms with Crippen molar-refractivity contribution in [2.24, 2.45) is 4.99 Å². The van der Waals surface area contributed by atoms with E-state index < -0.39 is 17.3 Å². The van der Waals surface area contributed by atoms with Gasteiger partial charge in [0.1, 0.15) is 11.5 Å². The van der Waals surface area contributed by atoms with Crippen molar-refractivity contribution < 1.29 is 14.6 Å². The number of nitrogens with one attached hydrogen (secondary N) is 1. The zero-order chi connectivity index (χ0) is 25.7. The second-order valence-electron chi connectivity index (χ2n) is 7.82. The maximum Gasteiger partial charge on any atom is 0.337 e. The third-order valence-corrected chi connectivity index (χ3v) is 5.40. The molecule has 0 saturated carbocycles. The van der Waals surface area contributed by atoms with E-state index in [1.165, 1.54) is 23.0 Å². The minimum absolute atomic E-state index is 0.00567. The fourth-order valence-corrected chi connectivity index (χ4v) is 3.54. The molecule has 36 heavy (non-hydrogen) atoms. The summed E-state index contributed by atoms with van der Waals surface area (Å²) in [6, 6.07) is 15.0. The number of nitrogens with zero attached hydrogens (tertiary/aromatic N) is 4. The molecule has 0 bridgehead atoms. The Morgan fingerprint density at radius 2 is 1.78 bits per heavy atom. The van der Waals surface area contributed by atoms with Crippen LogP contribution in [-0.4, -0.2) is 30.2 Å². The van der Waals surface area contributed by atoms with Gasteiger partial charge in [-0.25, -0.2) is 23.9 Å². The fourth-order valence-electron chi connectivity index (χ4n) is 3.42. The van der Waals surface area contributed by atoms with Crippen LogP contribution in [0.4, 0.5) is 5.69 Å². The van der Waals surface area contributed by atoms with E-state index in [1.54, 1.807) is 48.5 Å². The first-order valence-corrected chi connectivity index (χ1v) is 11.4. The monoisotopic (exact) mass is 507 g/mol. The van der Waals surface area contributed by atoms with Crippen molar-refractivity contribution >= 4 is 23.3 Å². The molecule has 0 radical (unpaired) electrons. The summed E-state index contributed by atoms with van der Waals surface area (Å²) in [5.41, 5.74) is 0.367. The van der Waals surface area contributed by atoms with Crippen LogP contribution < -0.4 is 21.7 Å². The Kier molecular flexibility index (Phi) is 7.45. The molecular formula is C25H22ClN5O5. The van der Waals surface area contributed by atoms with Crippen LogP contribution in [0.1, 0.15) is 29.3 Å². The number of carboxylic acids is 1. The summed E-state index contributed by atoms with van der Waals surface area (Å²) in [7, 11) is 0. The van der Waals surface area contributed by atoms with Crippen molar-refractivity contribution in [2.45, 2.75) is 26.4 Å². The Labute approximate surface area is 209 Å². The molecule has 10 nitrogen and oxygen atoms in total. The van der Waals surface area contributed by atoms with Crippen LogP contribution in [0.2, 0.25) is 5.02 Å². The van der Waals surface area contributed by atoms with Gasteiger partial charge in [0.2, 0.25) is 5.62 Å². The Morgan fingerprint density at radius 3 is 2.44 bits per heavy atom. The third-order valence-electron chi connectivity index (χ3n) is 5.15. The van der Waals surface area contributed by atoms with E-state index in [0.717, 1.165) is 10.1 Å². The first-order chi connectivity index (χ1) is 17.3. The Hall–Kier alpha value is -4.44. The van der Waals surface area contributed by atoms with Crippen molar-refractivity contribution in [1.29, 1.82) is 0 Å². The number of hydrogen-bond donors (Lipinski definition) is 2. The van der Waals surface area contributed by atoms with E-state index in [-0.39, 0.29) is 30.0 Å². The second kappa shape index (κ2) is 10.9. The van der Waals surface area contributed by atoms with Gasteiger partial charge in [-0.2, -0.15) is 0 Å². The first-order valence-electron chi connectivity index (χ1n) is 11.0. The molecule has 0 saturated heterocycles. The molecule has 2 N–H and O–H groups in total. The number of ether oxygens (including phenoxy) is 1. The largest absolute Gasteiger partial charge is 0.478 e. The van der Waals surface area contributed by atoms with Gasteiger partial charge in [-0.15, -0.1) is 0 Å². The van der Waals surface area contributed by atoms with Gasteiger partial charge >= 0.3 is 17.3 Å². The second-order valence-corrected chi connectivity index (χ2v) is 8.26. The lowest BCUT2D eigenvalue weighted by Gasteiger charge is -2.11. The normalized spacial score (nSPS) is 11.4. The quantitative estimate of drug-likeness (QED) is 0.375. The molecule has 2 heterocycles. The van der Waals surface area contributed by atoms with Gasteiger partial charge in [0.15, 0.2) is 0 Å². The lowest BCUT2D eigenvalue weighted by molar-refractivity contribution is 0.0696. The maximum atomic E-state index is 13.1. The van der Waals surface area contributed by atoms with E-state index in [1.807, 2.05) is 6.92 Å². The van der Waals surface area contributed by atoms with Crippen molar-refractivity contribution in [1.82, 2.24) is 19.1 Å². The Bertz CT molecular complexity index is 1570. The maximum absolute atomic E-state index is 13.1. The molecule has 0 aliphatic rings. The van der Waals surface area contributed by atoms with Gasteiger partial charge in [-0.3, -0.25) is 14.5 Å². The van der Waals surface area contributed by atoms with E-state index in [9.17, 15) is 14.4 Å². The average Bonchev–Trinajstić information content (AvgIpc) is 2.86. The van der Waals surface area contributed by atoms with Crippen molar-refractivity contribution in [3.8, 4) is 11.5 Å². The number of pyridine rings is 1. The van der Waals surface area contributed by atoms with Gasteiger partial charge in [0.05, 0.1) is 24.0 Å². The number of aromatic amines is 1. The molecular weight excluding hydrogens is 486 g/mol. The molecule has 0 amide bonds. The average molecular weight is 508 g/mol. The number of benzene rings is 2. The van der Waals surface area contributed by atoms with Gasteiger partial charge < -0.3 is 9.84 Å². The third kappa shape index (κ3) is 5.78. The summed E-state index contributed by atoms with van der Waals surface area (Å²) in [5, 5.41) is 9.68. The highest BCUT2D eigenvalue weighted by atomic mass is 35.5. The van der Waals surface area contributed by atoms with Crippen molar-refractivity contribution in [3.05, 3.63) is 110 Å². The summed E-state index contributed by atoms with van der Waals surface area (Å²) in [5.74, 6) is -0.410. The van der Waals surface area contributed by atoms with Crippen LogP contribution in [0.3, 0.4) is 0 Å². The van der Waals surface area contributed by atoms with Gasteiger partial charge in [-0.05, 0) is 54.4 Å². The minimum Gasteiger partial charge on any atom is -0.478 e. The zero-order valence-electron chi connectivity index (χ0n) is 19.2. The van der Waals surface area contributed by atoms with Crippen LogP contribution in [0.15, 0.2) is 81.6 Å². The number of carboxylic acid groups (broad SMARTS) is 1. The highest BCUT2D eigenvalue weighted by Crippen LogP contribution is 2.24. The fraction of sp³-hybridized carbons (Fsp3) is 0.160. The Balaban J connectivity index is 1.69. The molecule has 4 rings (SSSR count). The number of hydrogen-bond acceptors (Lipinski definition) is 6. The molecule has 0 unspecified atom stereocenters. The zero-order valence-corrected chi connectivity index (χ0v) is 20.0. The van der Waals surface area contributed by atoms with E-state index in [0.29, 0.717) is 22.9 Å². The summed E-state index contributed by atoms with van der Waals surface area (Å²) in [4.78, 5) is 47.9. The molecule has 0 spiro atoms. The highest BCUT2D eigenvalue weighted by Gasteiger charge is 2.10. The summed E-state index contributed by atoms with van der Waals surface area (Å²) < 4.78 is 8.21. The van der Waals surface area contributed by atoms with Crippen LogP contribution in [0, 0.1) is 0 Å². The van der Waals surface area contributed by atoms with Crippen LogP contribution in [0.5, 0.6) is 11.5 Å². The van der Waals surface area contributed by atoms with E-state index in [2.05, 4.69) is 15.0 Å². The lowest BCUT2D eigenvalue weighted by atomic mass is 10.2. The molecule has 2 aromatic carbocycles. The summed E-state index contributed by atoms with van der Waals surface area (Å²) >= 11 is 5.98. The predicted octanol–water partition coefficient (Wildman–Crippen LogP) is 3.57. The summed E-state index contributed by atoms with van der Waals surface area (Å²) in [6.07, 6.45) is 3.25. The van der Waals surface area contributed by atoms with E-state index >= 15 is 0 Å². The van der Waals surface area contributed by atoms with Gasteiger partial charge in [-0.1, -0.05) is 30.7 Å². The number of H-pyrrole nitrogens is 1. The number of carbonyl (C=O) groups is 1. The van der Waals surface area contributed by atoms with Gasteiger partial charge in [0, 0.05) is 17.8 Å². The number of rotatable bonds is 8. The van der Waals surface area contributed by atoms with Crippen LogP contribution in [0.25, 0.3) is 0 Å². The molecule has 184 valence electrons. The first kappa shape index (κ1) is 24.7. The number of aromatic nitrogens is 4. The minimum atomic E-state index is -1.11. The van der Waals surface area contributed by atoms with Crippen molar-refractivity contribution in [2.75, 3.05) is 0 Å².